The lowest BCUT2D eigenvalue weighted by molar-refractivity contribution is -0.139. The van der Waals surface area contributed by atoms with Gasteiger partial charge in [-0.2, -0.15) is 0 Å². The summed E-state index contributed by atoms with van der Waals surface area (Å²) in [5.74, 6) is -0.498. The number of nitrogens with one attached hydrogen (secondary N) is 1. The Labute approximate surface area is 198 Å². The van der Waals surface area contributed by atoms with Crippen LogP contribution in [-0.2, 0) is 14.3 Å². The summed E-state index contributed by atoms with van der Waals surface area (Å²) in [6.07, 6.45) is -1.94. The molecule has 0 aliphatic carbocycles. The lowest BCUT2D eigenvalue weighted by Crippen LogP contribution is -2.49. The van der Waals surface area contributed by atoms with E-state index in [4.69, 9.17) is 4.74 Å². The molecule has 2 saturated heterocycles. The Morgan fingerprint density at radius 1 is 1.06 bits per heavy atom. The number of nitrogens with zero attached hydrogens (tertiary/aromatic N) is 2. The van der Waals surface area contributed by atoms with Crippen molar-refractivity contribution in [2.45, 2.75) is 44.4 Å². The fourth-order valence-electron chi connectivity index (χ4n) is 4.45. The molecule has 4 rings (SSSR count). The van der Waals surface area contributed by atoms with E-state index in [2.05, 4.69) is 19.2 Å². The number of likely N-dealkylation sites (tertiary alicyclic amines) is 1. The Morgan fingerprint density at radius 2 is 1.71 bits per heavy atom. The molecule has 2 fully saturated rings. The molecule has 3 amide bonds. The highest BCUT2D eigenvalue weighted by Crippen LogP contribution is 2.27. The van der Waals surface area contributed by atoms with Gasteiger partial charge in [0.1, 0.15) is 25.4 Å². The molecule has 1 N–H and O–H groups in total. The van der Waals surface area contributed by atoms with Gasteiger partial charge >= 0.3 is 6.09 Å². The van der Waals surface area contributed by atoms with E-state index in [1.165, 1.54) is 15.4 Å². The number of alkyl halides is 1. The molecule has 0 radical (unpaired) electrons. The predicted molar refractivity (Wildman–Crippen MR) is 125 cm³/mol. The normalized spacial score (nSPS) is 21.0. The number of hydrogen-bond acceptors (Lipinski definition) is 4. The second-order valence-corrected chi connectivity index (χ2v) is 9.10. The van der Waals surface area contributed by atoms with Crippen LogP contribution in [0.5, 0.6) is 0 Å². The smallest absolute Gasteiger partial charge is 0.410 e. The Balaban J connectivity index is 1.53. The van der Waals surface area contributed by atoms with E-state index < -0.39 is 36.2 Å². The lowest BCUT2D eigenvalue weighted by atomic mass is 9.95. The summed E-state index contributed by atoms with van der Waals surface area (Å²) < 4.78 is 19.2. The van der Waals surface area contributed by atoms with Crippen LogP contribution in [-0.4, -0.2) is 66.2 Å². The maximum Gasteiger partial charge on any atom is 0.410 e. The van der Waals surface area contributed by atoms with Gasteiger partial charge in [-0.3, -0.25) is 14.5 Å². The number of carbonyl (C=O) groups is 3. The molecular formula is C26H30FN3O4. The second-order valence-electron chi connectivity index (χ2n) is 9.10. The third-order valence-electron chi connectivity index (χ3n) is 6.40. The second kappa shape index (κ2) is 10.2. The van der Waals surface area contributed by atoms with E-state index in [1.54, 1.807) is 0 Å². The van der Waals surface area contributed by atoms with E-state index in [0.29, 0.717) is 12.5 Å². The van der Waals surface area contributed by atoms with Crippen LogP contribution in [0.3, 0.4) is 0 Å². The molecule has 8 heteroatoms. The number of ether oxygens (including phenoxy) is 1. The van der Waals surface area contributed by atoms with Crippen LogP contribution < -0.4 is 5.32 Å². The van der Waals surface area contributed by atoms with Gasteiger partial charge < -0.3 is 15.0 Å². The van der Waals surface area contributed by atoms with Crippen molar-refractivity contribution in [1.29, 1.82) is 0 Å². The van der Waals surface area contributed by atoms with Crippen molar-refractivity contribution in [3.8, 4) is 0 Å². The van der Waals surface area contributed by atoms with Gasteiger partial charge in [0.05, 0.1) is 19.1 Å². The molecule has 0 unspecified atom stereocenters. The van der Waals surface area contributed by atoms with E-state index in [-0.39, 0.29) is 26.1 Å². The Bertz CT molecular complexity index is 1030. The van der Waals surface area contributed by atoms with Crippen molar-refractivity contribution in [3.05, 3.63) is 71.3 Å². The number of cyclic esters (lactones) is 1. The molecule has 34 heavy (non-hydrogen) atoms. The van der Waals surface area contributed by atoms with Crippen LogP contribution in [0.15, 0.2) is 54.6 Å². The molecule has 0 bridgehead atoms. The number of carbonyl (C=O) groups excluding carboxylic acids is 3. The zero-order valence-electron chi connectivity index (χ0n) is 19.4. The zero-order chi connectivity index (χ0) is 24.2. The van der Waals surface area contributed by atoms with Crippen LogP contribution in [0, 0.1) is 0 Å². The summed E-state index contributed by atoms with van der Waals surface area (Å²) in [6.45, 7) is 4.36. The molecule has 0 saturated carbocycles. The topological polar surface area (TPSA) is 79.0 Å². The predicted octanol–water partition coefficient (Wildman–Crippen LogP) is 3.41. The Morgan fingerprint density at radius 3 is 2.32 bits per heavy atom. The minimum Gasteiger partial charge on any atom is -0.448 e. The van der Waals surface area contributed by atoms with Gasteiger partial charge in [0.2, 0.25) is 11.8 Å². The third kappa shape index (κ3) is 5.21. The van der Waals surface area contributed by atoms with Gasteiger partial charge in [-0.05, 0) is 22.6 Å². The molecule has 0 spiro atoms. The monoisotopic (exact) mass is 467 g/mol. The highest BCUT2D eigenvalue weighted by Gasteiger charge is 2.41. The van der Waals surface area contributed by atoms with E-state index in [1.807, 2.05) is 54.6 Å². The first-order chi connectivity index (χ1) is 16.3. The summed E-state index contributed by atoms with van der Waals surface area (Å²) in [6, 6.07) is 16.2. The third-order valence-corrected chi connectivity index (χ3v) is 6.40. The molecule has 2 aromatic carbocycles. The number of hydrogen-bond donors (Lipinski definition) is 1. The molecule has 2 aliphatic heterocycles. The first-order valence-corrected chi connectivity index (χ1v) is 11.6. The minimum absolute atomic E-state index is 0.0736. The van der Waals surface area contributed by atoms with Crippen LogP contribution in [0.2, 0.25) is 0 Å². The van der Waals surface area contributed by atoms with Crippen LogP contribution in [0.4, 0.5) is 9.18 Å². The van der Waals surface area contributed by atoms with Crippen molar-refractivity contribution in [3.63, 3.8) is 0 Å². The Kier molecular flexibility index (Phi) is 7.14. The van der Waals surface area contributed by atoms with Gasteiger partial charge in [-0.1, -0.05) is 68.4 Å². The van der Waals surface area contributed by atoms with Crippen molar-refractivity contribution in [2.75, 3.05) is 26.2 Å². The number of amides is 3. The fraction of sp³-hybridized carbons (Fsp3) is 0.423. The Hall–Kier alpha value is -3.42. The van der Waals surface area contributed by atoms with Gasteiger partial charge in [-0.25, -0.2) is 9.18 Å². The highest BCUT2D eigenvalue weighted by atomic mass is 19.1. The van der Waals surface area contributed by atoms with Crippen molar-refractivity contribution in [1.82, 2.24) is 15.1 Å². The quantitative estimate of drug-likeness (QED) is 0.677. The summed E-state index contributed by atoms with van der Waals surface area (Å²) in [5.41, 5.74) is 2.98. The van der Waals surface area contributed by atoms with Crippen LogP contribution in [0.1, 0.15) is 48.9 Å². The molecule has 2 aromatic rings. The molecule has 180 valence electrons. The minimum atomic E-state index is -1.30. The standard InChI is InChI=1S/C26H30FN3O4/c1-17(2)18-8-10-20(11-9-18)24(19-6-4-3-5-7-19)28-25(32)22-14-21(27)15-30(22)23(31)16-29-12-13-34-26(29)33/h3-11,17,21-22,24H,12-16H2,1-2H3,(H,28,32)/t21-,22+,24+/m1/s1. The number of rotatable bonds is 7. The van der Waals surface area contributed by atoms with Gasteiger partial charge in [0.25, 0.3) is 0 Å². The first-order valence-electron chi connectivity index (χ1n) is 11.6. The summed E-state index contributed by atoms with van der Waals surface area (Å²) >= 11 is 0. The molecule has 2 heterocycles. The molecular weight excluding hydrogens is 437 g/mol. The van der Waals surface area contributed by atoms with Gasteiger partial charge in [0.15, 0.2) is 0 Å². The lowest BCUT2D eigenvalue weighted by Gasteiger charge is -2.28. The molecule has 7 nitrogen and oxygen atoms in total. The van der Waals surface area contributed by atoms with Crippen molar-refractivity contribution in [2.24, 2.45) is 0 Å². The van der Waals surface area contributed by atoms with Crippen molar-refractivity contribution >= 4 is 17.9 Å². The van der Waals surface area contributed by atoms with E-state index >= 15 is 0 Å². The molecule has 3 atom stereocenters. The maximum absolute atomic E-state index is 14.4. The fourth-order valence-corrected chi connectivity index (χ4v) is 4.45. The highest BCUT2D eigenvalue weighted by molar-refractivity contribution is 5.90. The molecule has 2 aliphatic rings. The average molecular weight is 468 g/mol. The number of halogens is 1. The van der Waals surface area contributed by atoms with Crippen LogP contribution >= 0.6 is 0 Å². The number of benzene rings is 2. The maximum atomic E-state index is 14.4. The zero-order valence-corrected chi connectivity index (χ0v) is 19.4. The summed E-state index contributed by atoms with van der Waals surface area (Å²) in [7, 11) is 0. The van der Waals surface area contributed by atoms with Crippen LogP contribution in [0.25, 0.3) is 0 Å². The first kappa shape index (κ1) is 23.7. The van der Waals surface area contributed by atoms with E-state index in [0.717, 1.165) is 11.1 Å². The molecule has 0 aromatic heterocycles. The average Bonchev–Trinajstić information content (AvgIpc) is 3.43. The summed E-state index contributed by atoms with van der Waals surface area (Å²) in [4.78, 5) is 40.5. The SMILES string of the molecule is CC(C)c1ccc([C@@H](NC(=O)[C@@H]2C[C@@H](F)CN2C(=O)CN2CCOC2=O)c2ccccc2)cc1. The van der Waals surface area contributed by atoms with Gasteiger partial charge in [0, 0.05) is 6.42 Å². The van der Waals surface area contributed by atoms with E-state index in [9.17, 15) is 18.8 Å². The largest absolute Gasteiger partial charge is 0.448 e. The summed E-state index contributed by atoms with van der Waals surface area (Å²) in [5, 5.41) is 3.04. The van der Waals surface area contributed by atoms with Gasteiger partial charge in [-0.15, -0.1) is 0 Å². The van der Waals surface area contributed by atoms with Crippen molar-refractivity contribution < 1.29 is 23.5 Å².